The topological polar surface area (TPSA) is 118 Å². The quantitative estimate of drug-likeness (QED) is 0.228. The standard InChI is InChI=1S/C30H38N6O3S/c1-3-30(14-6-5-7-15-30)34-27(38)24(20-31)29-36(4-2)28(39)25(40-29)21-33-23-12-10-22(11-13-23)26(37)32-16-19-35-17-8-9-18-35/h1,10-13,25,33H,4-9,14-19,21H2,2H3,(H,32,37)(H,34,38)/b29-24-. The highest BCUT2D eigenvalue weighted by Gasteiger charge is 2.40. The van der Waals surface area contributed by atoms with E-state index in [2.05, 4.69) is 26.8 Å². The van der Waals surface area contributed by atoms with Gasteiger partial charge >= 0.3 is 0 Å². The molecule has 40 heavy (non-hydrogen) atoms. The minimum Gasteiger partial charge on any atom is -0.383 e. The lowest BCUT2D eigenvalue weighted by molar-refractivity contribution is -0.127. The second kappa shape index (κ2) is 13.7. The van der Waals surface area contributed by atoms with Gasteiger partial charge in [0.15, 0.2) is 0 Å². The van der Waals surface area contributed by atoms with Crippen molar-refractivity contribution in [2.75, 3.05) is 44.6 Å². The number of carbonyl (C=O) groups excluding carboxylic acids is 3. The normalized spacial score (nSPS) is 21.8. The Balaban J connectivity index is 1.35. The van der Waals surface area contributed by atoms with Crippen LogP contribution in [0.15, 0.2) is 34.9 Å². The first-order chi connectivity index (χ1) is 19.4. The summed E-state index contributed by atoms with van der Waals surface area (Å²) in [7, 11) is 0. The van der Waals surface area contributed by atoms with Crippen LogP contribution in [-0.4, -0.2) is 77.6 Å². The minimum atomic E-state index is -0.750. The van der Waals surface area contributed by atoms with Crippen molar-refractivity contribution in [3.63, 3.8) is 0 Å². The molecule has 0 radical (unpaired) electrons. The van der Waals surface area contributed by atoms with Crippen LogP contribution >= 0.6 is 11.8 Å². The van der Waals surface area contributed by atoms with Crippen LogP contribution in [0.4, 0.5) is 5.69 Å². The van der Waals surface area contributed by atoms with Gasteiger partial charge in [-0.15, -0.1) is 6.42 Å². The molecule has 3 amide bonds. The van der Waals surface area contributed by atoms with Gasteiger partial charge in [0.05, 0.1) is 0 Å². The number of thioether (sulfide) groups is 1. The molecule has 3 N–H and O–H groups in total. The lowest BCUT2D eigenvalue weighted by atomic mass is 9.82. The smallest absolute Gasteiger partial charge is 0.265 e. The number of anilines is 1. The number of nitriles is 1. The Kier molecular flexibility index (Phi) is 10.1. The Labute approximate surface area is 241 Å². The molecule has 1 saturated carbocycles. The summed E-state index contributed by atoms with van der Waals surface area (Å²) in [5, 5.41) is 18.9. The summed E-state index contributed by atoms with van der Waals surface area (Å²) in [6, 6.07) is 9.16. The Hall–Kier alpha value is -3.47. The second-order valence-corrected chi connectivity index (χ2v) is 11.7. The average Bonchev–Trinajstić information content (AvgIpc) is 3.60. The summed E-state index contributed by atoms with van der Waals surface area (Å²) in [4.78, 5) is 42.7. The van der Waals surface area contributed by atoms with Gasteiger partial charge in [0.25, 0.3) is 11.8 Å². The van der Waals surface area contributed by atoms with E-state index >= 15 is 0 Å². The third kappa shape index (κ3) is 6.99. The molecule has 2 aliphatic heterocycles. The van der Waals surface area contributed by atoms with Gasteiger partial charge in [0.1, 0.15) is 27.5 Å². The molecule has 9 nitrogen and oxygen atoms in total. The maximum absolute atomic E-state index is 13.2. The first-order valence-corrected chi connectivity index (χ1v) is 15.0. The zero-order chi connectivity index (χ0) is 28.5. The number of nitrogens with one attached hydrogen (secondary N) is 3. The zero-order valence-electron chi connectivity index (χ0n) is 23.1. The van der Waals surface area contributed by atoms with Gasteiger partial charge in [-0.25, -0.2) is 0 Å². The van der Waals surface area contributed by atoms with Crippen molar-refractivity contribution in [3.8, 4) is 18.4 Å². The van der Waals surface area contributed by atoms with E-state index in [0.29, 0.717) is 43.1 Å². The monoisotopic (exact) mass is 562 g/mol. The number of benzene rings is 1. The summed E-state index contributed by atoms with van der Waals surface area (Å²) in [5.74, 6) is 1.95. The van der Waals surface area contributed by atoms with Crippen LogP contribution in [0.3, 0.4) is 0 Å². The van der Waals surface area contributed by atoms with Crippen molar-refractivity contribution in [3.05, 3.63) is 40.4 Å². The van der Waals surface area contributed by atoms with Crippen molar-refractivity contribution in [1.82, 2.24) is 20.4 Å². The van der Waals surface area contributed by atoms with Gasteiger partial charge < -0.3 is 25.8 Å². The summed E-state index contributed by atoms with van der Waals surface area (Å²) < 4.78 is 0. The summed E-state index contributed by atoms with van der Waals surface area (Å²) in [6.07, 6.45) is 12.5. The molecule has 0 aromatic heterocycles. The third-order valence-electron chi connectivity index (χ3n) is 7.80. The molecule has 3 aliphatic rings. The fourth-order valence-electron chi connectivity index (χ4n) is 5.47. The van der Waals surface area contributed by atoms with Gasteiger partial charge in [-0.05, 0) is 70.0 Å². The lowest BCUT2D eigenvalue weighted by Crippen LogP contribution is -2.49. The van der Waals surface area contributed by atoms with Crippen molar-refractivity contribution in [2.24, 2.45) is 0 Å². The van der Waals surface area contributed by atoms with E-state index in [0.717, 1.165) is 44.6 Å². The number of terminal acetylenes is 1. The first-order valence-electron chi connectivity index (χ1n) is 14.2. The van der Waals surface area contributed by atoms with Gasteiger partial charge in [0, 0.05) is 37.4 Å². The average molecular weight is 563 g/mol. The molecule has 0 bridgehead atoms. The molecule has 3 fully saturated rings. The molecule has 212 valence electrons. The molecule has 2 heterocycles. The van der Waals surface area contributed by atoms with E-state index in [9.17, 15) is 19.6 Å². The molecule has 1 atom stereocenters. The number of hydrogen-bond donors (Lipinski definition) is 3. The van der Waals surface area contributed by atoms with Crippen LogP contribution < -0.4 is 16.0 Å². The fraction of sp³-hybridized carbons (Fsp3) is 0.533. The number of rotatable bonds is 10. The zero-order valence-corrected chi connectivity index (χ0v) is 23.9. The maximum atomic E-state index is 13.2. The van der Waals surface area contributed by atoms with Crippen LogP contribution in [0.5, 0.6) is 0 Å². The number of amides is 3. The second-order valence-electron chi connectivity index (χ2n) is 10.5. The summed E-state index contributed by atoms with van der Waals surface area (Å²) in [6.45, 7) is 6.16. The van der Waals surface area contributed by atoms with Crippen LogP contribution in [0.2, 0.25) is 0 Å². The third-order valence-corrected chi connectivity index (χ3v) is 9.10. The van der Waals surface area contributed by atoms with E-state index < -0.39 is 16.7 Å². The number of likely N-dealkylation sites (tertiary alicyclic amines) is 1. The highest BCUT2D eigenvalue weighted by Crippen LogP contribution is 2.38. The van der Waals surface area contributed by atoms with Crippen molar-refractivity contribution in [2.45, 2.75) is 62.7 Å². The molecular weight excluding hydrogens is 524 g/mol. The van der Waals surface area contributed by atoms with Crippen LogP contribution in [-0.2, 0) is 9.59 Å². The predicted molar refractivity (Wildman–Crippen MR) is 157 cm³/mol. The largest absolute Gasteiger partial charge is 0.383 e. The highest BCUT2D eigenvalue weighted by atomic mass is 32.2. The maximum Gasteiger partial charge on any atom is 0.265 e. The molecule has 1 aliphatic carbocycles. The molecule has 1 aromatic carbocycles. The Bertz CT molecular complexity index is 1200. The van der Waals surface area contributed by atoms with Gasteiger partial charge in [-0.2, -0.15) is 5.26 Å². The van der Waals surface area contributed by atoms with Crippen LogP contribution in [0.1, 0.15) is 62.2 Å². The van der Waals surface area contributed by atoms with E-state index in [4.69, 9.17) is 6.42 Å². The van der Waals surface area contributed by atoms with Crippen LogP contribution in [0.25, 0.3) is 0 Å². The van der Waals surface area contributed by atoms with E-state index in [-0.39, 0.29) is 17.4 Å². The molecule has 1 aromatic rings. The van der Waals surface area contributed by atoms with Gasteiger partial charge in [-0.3, -0.25) is 14.4 Å². The van der Waals surface area contributed by atoms with Crippen molar-refractivity contribution in [1.29, 1.82) is 5.26 Å². The SMILES string of the molecule is C#CC1(NC(=O)/C(C#N)=C2\SC(CNc3ccc(C(=O)NCCN4CCCC4)cc3)C(=O)N2CC)CCCCC1. The molecular formula is C30H38N6O3S. The summed E-state index contributed by atoms with van der Waals surface area (Å²) >= 11 is 1.22. The Morgan fingerprint density at radius 3 is 2.45 bits per heavy atom. The molecule has 1 unspecified atom stereocenters. The van der Waals surface area contributed by atoms with Crippen molar-refractivity contribution >= 4 is 35.2 Å². The van der Waals surface area contributed by atoms with Crippen LogP contribution in [0, 0.1) is 23.7 Å². The van der Waals surface area contributed by atoms with E-state index in [1.807, 2.05) is 25.1 Å². The minimum absolute atomic E-state index is 0.0806. The molecule has 4 rings (SSSR count). The molecule has 2 saturated heterocycles. The lowest BCUT2D eigenvalue weighted by Gasteiger charge is -2.33. The van der Waals surface area contributed by atoms with Crippen molar-refractivity contribution < 1.29 is 14.4 Å². The number of nitrogens with zero attached hydrogens (tertiary/aromatic N) is 3. The fourth-order valence-corrected chi connectivity index (χ4v) is 6.73. The Morgan fingerprint density at radius 2 is 1.82 bits per heavy atom. The number of hydrogen-bond acceptors (Lipinski definition) is 7. The molecule has 10 heteroatoms. The predicted octanol–water partition coefficient (Wildman–Crippen LogP) is 3.08. The highest BCUT2D eigenvalue weighted by molar-refractivity contribution is 8.04. The van der Waals surface area contributed by atoms with E-state index in [1.54, 1.807) is 12.1 Å². The van der Waals surface area contributed by atoms with Gasteiger partial charge in [0.2, 0.25) is 5.91 Å². The Morgan fingerprint density at radius 1 is 1.12 bits per heavy atom. The first kappa shape index (κ1) is 29.5. The summed E-state index contributed by atoms with van der Waals surface area (Å²) in [5.41, 5.74) is 0.519. The number of carbonyl (C=O) groups is 3. The molecule has 0 spiro atoms. The van der Waals surface area contributed by atoms with Gasteiger partial charge in [-0.1, -0.05) is 36.9 Å². The van der Waals surface area contributed by atoms with E-state index in [1.165, 1.54) is 29.5 Å².